The topological polar surface area (TPSA) is 40.9 Å². The maximum Gasteiger partial charge on any atom is 0.186 e. The molecule has 1 aromatic carbocycles. The monoisotopic (exact) mass is 313 g/mol. The molecule has 96 valence electrons. The molecule has 1 heterocycles. The lowest BCUT2D eigenvalue weighted by molar-refractivity contribution is 0.0979. The zero-order chi connectivity index (χ0) is 14.0. The van der Waals surface area contributed by atoms with E-state index >= 15 is 0 Å². The Labute approximate surface area is 123 Å². The fourth-order valence-corrected chi connectivity index (χ4v) is 3.11. The van der Waals surface area contributed by atoms with Crippen LogP contribution in [0.25, 0.3) is 0 Å². The fourth-order valence-electron chi connectivity index (χ4n) is 1.63. The summed E-state index contributed by atoms with van der Waals surface area (Å²) in [5, 5.41) is 9.13. The van der Waals surface area contributed by atoms with Crippen LogP contribution >= 0.6 is 34.5 Å². The van der Waals surface area contributed by atoms with Crippen molar-refractivity contribution in [2.45, 2.75) is 5.92 Å². The zero-order valence-electron chi connectivity index (χ0n) is 9.36. The normalized spacial score (nSPS) is 11.9. The third-order valence-corrected chi connectivity index (χ3v) is 3.98. The van der Waals surface area contributed by atoms with Crippen molar-refractivity contribution in [2.75, 3.05) is 0 Å². The van der Waals surface area contributed by atoms with Crippen molar-refractivity contribution >= 4 is 40.3 Å². The molecule has 0 radical (unpaired) electrons. The van der Waals surface area contributed by atoms with E-state index < -0.39 is 17.5 Å². The molecule has 1 unspecified atom stereocenters. The van der Waals surface area contributed by atoms with Gasteiger partial charge in [-0.3, -0.25) is 4.79 Å². The Kier molecular flexibility index (Phi) is 4.20. The number of hydrogen-bond acceptors (Lipinski definition) is 3. The van der Waals surface area contributed by atoms with Gasteiger partial charge in [-0.15, -0.1) is 11.3 Å². The molecular weight excluding hydrogens is 308 g/mol. The quantitative estimate of drug-likeness (QED) is 0.772. The summed E-state index contributed by atoms with van der Waals surface area (Å²) in [5.74, 6) is -2.08. The minimum atomic E-state index is -1.10. The molecule has 0 N–H and O–H groups in total. The van der Waals surface area contributed by atoms with E-state index in [0.717, 1.165) is 17.4 Å². The van der Waals surface area contributed by atoms with Gasteiger partial charge in [0.15, 0.2) is 5.78 Å². The van der Waals surface area contributed by atoms with Gasteiger partial charge < -0.3 is 0 Å². The van der Waals surface area contributed by atoms with Crippen molar-refractivity contribution < 1.29 is 9.18 Å². The lowest BCUT2D eigenvalue weighted by Gasteiger charge is -2.07. The second-order valence-corrected chi connectivity index (χ2v) is 6.00. The van der Waals surface area contributed by atoms with Crippen molar-refractivity contribution in [3.8, 4) is 6.07 Å². The highest BCUT2D eigenvalue weighted by molar-refractivity contribution is 7.20. The highest BCUT2D eigenvalue weighted by atomic mass is 35.5. The van der Waals surface area contributed by atoms with Crippen molar-refractivity contribution in [1.82, 2.24) is 0 Å². The molecule has 6 heteroatoms. The van der Waals surface area contributed by atoms with Gasteiger partial charge in [0.05, 0.1) is 16.0 Å². The van der Waals surface area contributed by atoms with E-state index in [0.29, 0.717) is 9.90 Å². The van der Waals surface area contributed by atoms with Crippen LogP contribution in [-0.2, 0) is 0 Å². The van der Waals surface area contributed by atoms with E-state index in [1.807, 2.05) is 6.07 Å². The first-order valence-electron chi connectivity index (χ1n) is 5.17. The molecule has 2 aromatic rings. The molecule has 0 aliphatic carbocycles. The SMILES string of the molecule is N#CC(C(=O)c1cc(Cl)sc1Cl)c1cccc(F)c1. The van der Waals surface area contributed by atoms with Crippen LogP contribution in [0.5, 0.6) is 0 Å². The molecule has 0 fully saturated rings. The smallest absolute Gasteiger partial charge is 0.186 e. The molecular formula is C13H6Cl2FNOS. The standard InChI is InChI=1S/C13H6Cl2FNOS/c14-11-5-9(13(15)19-11)12(18)10(6-17)7-2-1-3-8(16)4-7/h1-5,10H. The molecule has 0 bridgehead atoms. The number of thiophene rings is 1. The largest absolute Gasteiger partial charge is 0.292 e. The third kappa shape index (κ3) is 2.95. The van der Waals surface area contributed by atoms with Gasteiger partial charge in [0, 0.05) is 0 Å². The van der Waals surface area contributed by atoms with Gasteiger partial charge in [0.25, 0.3) is 0 Å². The fraction of sp³-hybridized carbons (Fsp3) is 0.0769. The summed E-state index contributed by atoms with van der Waals surface area (Å²) >= 11 is 12.7. The molecule has 0 saturated heterocycles. The Morgan fingerprint density at radius 2 is 2.11 bits per heavy atom. The summed E-state index contributed by atoms with van der Waals surface area (Å²) in [6.45, 7) is 0. The molecule has 0 aliphatic heterocycles. The van der Waals surface area contributed by atoms with E-state index in [4.69, 9.17) is 28.5 Å². The molecule has 0 spiro atoms. The van der Waals surface area contributed by atoms with Gasteiger partial charge in [0.2, 0.25) is 0 Å². The summed E-state index contributed by atoms with van der Waals surface area (Å²) in [5.41, 5.74) is 0.485. The molecule has 1 atom stereocenters. The Morgan fingerprint density at radius 3 is 2.63 bits per heavy atom. The van der Waals surface area contributed by atoms with Gasteiger partial charge in [-0.25, -0.2) is 4.39 Å². The molecule has 0 aliphatic rings. The number of hydrogen-bond donors (Lipinski definition) is 0. The Hall–Kier alpha value is -1.41. The number of ketones is 1. The van der Waals surface area contributed by atoms with Crippen LogP contribution in [0.4, 0.5) is 4.39 Å². The maximum atomic E-state index is 13.1. The summed E-state index contributed by atoms with van der Waals surface area (Å²) in [6, 6.07) is 8.66. The minimum absolute atomic E-state index is 0.187. The lowest BCUT2D eigenvalue weighted by Crippen LogP contribution is -2.11. The number of rotatable bonds is 3. The summed E-state index contributed by atoms with van der Waals surface area (Å²) < 4.78 is 13.7. The second kappa shape index (κ2) is 5.70. The number of benzene rings is 1. The summed E-state index contributed by atoms with van der Waals surface area (Å²) in [7, 11) is 0. The predicted molar refractivity (Wildman–Crippen MR) is 73.4 cm³/mol. The highest BCUT2D eigenvalue weighted by Gasteiger charge is 2.25. The van der Waals surface area contributed by atoms with E-state index in [1.165, 1.54) is 24.3 Å². The van der Waals surface area contributed by atoms with Crippen LogP contribution in [0.3, 0.4) is 0 Å². The van der Waals surface area contributed by atoms with Crippen LogP contribution < -0.4 is 0 Å². The first-order chi connectivity index (χ1) is 9.02. The van der Waals surface area contributed by atoms with Gasteiger partial charge in [-0.1, -0.05) is 35.3 Å². The average molecular weight is 314 g/mol. The second-order valence-electron chi connectivity index (χ2n) is 3.72. The summed E-state index contributed by atoms with van der Waals surface area (Å²) in [6.07, 6.45) is 0. The average Bonchev–Trinajstić information content (AvgIpc) is 2.69. The number of carbonyl (C=O) groups is 1. The number of nitrogens with zero attached hydrogens (tertiary/aromatic N) is 1. The first-order valence-corrected chi connectivity index (χ1v) is 6.74. The number of Topliss-reactive ketones (excluding diaryl/α,β-unsaturated/α-hetero) is 1. The maximum absolute atomic E-state index is 13.1. The van der Waals surface area contributed by atoms with Crippen molar-refractivity contribution in [3.63, 3.8) is 0 Å². The van der Waals surface area contributed by atoms with Crippen LogP contribution in [-0.4, -0.2) is 5.78 Å². The van der Waals surface area contributed by atoms with Crippen LogP contribution in [0.2, 0.25) is 8.67 Å². The Bertz CT molecular complexity index is 678. The van der Waals surface area contributed by atoms with E-state index in [-0.39, 0.29) is 9.90 Å². The van der Waals surface area contributed by atoms with Gasteiger partial charge in [-0.2, -0.15) is 5.26 Å². The number of nitriles is 1. The third-order valence-electron chi connectivity index (χ3n) is 2.50. The predicted octanol–water partition coefficient (Wildman–Crippen LogP) is 4.68. The number of carbonyl (C=O) groups excluding carboxylic acids is 1. The Morgan fingerprint density at radius 1 is 1.37 bits per heavy atom. The number of halogens is 3. The molecule has 19 heavy (non-hydrogen) atoms. The van der Waals surface area contributed by atoms with Crippen LogP contribution in [0.15, 0.2) is 30.3 Å². The Balaban J connectivity index is 2.41. The van der Waals surface area contributed by atoms with E-state index in [2.05, 4.69) is 0 Å². The van der Waals surface area contributed by atoms with Crippen LogP contribution in [0, 0.1) is 17.1 Å². The van der Waals surface area contributed by atoms with Crippen molar-refractivity contribution in [1.29, 1.82) is 5.26 Å². The van der Waals surface area contributed by atoms with Crippen molar-refractivity contribution in [3.05, 3.63) is 55.9 Å². The van der Waals surface area contributed by atoms with Crippen LogP contribution in [0.1, 0.15) is 21.8 Å². The zero-order valence-corrected chi connectivity index (χ0v) is 11.7. The molecule has 0 amide bonds. The van der Waals surface area contributed by atoms with Gasteiger partial charge in [0.1, 0.15) is 16.1 Å². The molecule has 0 saturated carbocycles. The summed E-state index contributed by atoms with van der Waals surface area (Å²) in [4.78, 5) is 12.2. The van der Waals surface area contributed by atoms with E-state index in [9.17, 15) is 9.18 Å². The lowest BCUT2D eigenvalue weighted by atomic mass is 9.93. The highest BCUT2D eigenvalue weighted by Crippen LogP contribution is 2.34. The molecule has 2 rings (SSSR count). The van der Waals surface area contributed by atoms with E-state index in [1.54, 1.807) is 0 Å². The minimum Gasteiger partial charge on any atom is -0.292 e. The van der Waals surface area contributed by atoms with Gasteiger partial charge in [-0.05, 0) is 23.8 Å². The molecule has 1 aromatic heterocycles. The van der Waals surface area contributed by atoms with Crippen molar-refractivity contribution in [2.24, 2.45) is 0 Å². The molecule has 2 nitrogen and oxygen atoms in total. The first kappa shape index (κ1) is 14.0. The van der Waals surface area contributed by atoms with Gasteiger partial charge >= 0.3 is 0 Å².